The Morgan fingerprint density at radius 2 is 1.92 bits per heavy atom. The maximum Gasteiger partial charge on any atom is 0.291 e. The van der Waals surface area contributed by atoms with Gasteiger partial charge in [0.1, 0.15) is 11.5 Å². The number of rotatable bonds is 7. The van der Waals surface area contributed by atoms with Gasteiger partial charge in [-0.1, -0.05) is 25.2 Å². The molecule has 0 spiro atoms. The Labute approximate surface area is 149 Å². The molecule has 1 aromatic heterocycles. The van der Waals surface area contributed by atoms with Gasteiger partial charge in [-0.2, -0.15) is 8.42 Å². The van der Waals surface area contributed by atoms with Crippen molar-refractivity contribution in [2.24, 2.45) is 5.92 Å². The number of carbonyl (C=O) groups is 1. The molecule has 0 saturated carbocycles. The van der Waals surface area contributed by atoms with Gasteiger partial charge >= 0.3 is 0 Å². The first kappa shape index (κ1) is 18.9. The summed E-state index contributed by atoms with van der Waals surface area (Å²) in [5.41, 5.74) is 0.228. The van der Waals surface area contributed by atoms with Crippen molar-refractivity contribution in [2.45, 2.75) is 18.2 Å². The zero-order valence-electron chi connectivity index (χ0n) is 14.1. The van der Waals surface area contributed by atoms with E-state index >= 15 is 0 Å². The van der Waals surface area contributed by atoms with Gasteiger partial charge in [-0.3, -0.25) is 9.52 Å². The van der Waals surface area contributed by atoms with Crippen LogP contribution in [0, 0.1) is 5.92 Å². The van der Waals surface area contributed by atoms with Crippen LogP contribution < -0.4 is 19.5 Å². The number of anilines is 2. The smallest absolute Gasteiger partial charge is 0.291 e. The molecule has 1 amide bonds. The first-order chi connectivity index (χ1) is 11.8. The van der Waals surface area contributed by atoms with E-state index in [1.165, 1.54) is 20.3 Å². The Morgan fingerprint density at radius 1 is 1.20 bits per heavy atom. The molecule has 0 atom stereocenters. The van der Waals surface area contributed by atoms with Gasteiger partial charge in [0.25, 0.3) is 14.4 Å². The summed E-state index contributed by atoms with van der Waals surface area (Å²) >= 11 is 0.756. The molecule has 25 heavy (non-hydrogen) atoms. The highest BCUT2D eigenvalue weighted by atomic mass is 32.2. The third kappa shape index (κ3) is 4.57. The van der Waals surface area contributed by atoms with Crippen LogP contribution in [-0.2, 0) is 14.8 Å². The molecule has 0 unspecified atom stereocenters. The minimum absolute atomic E-state index is 0.112. The third-order valence-electron chi connectivity index (χ3n) is 3.04. The SMILES string of the molecule is COc1ccc(NS(=O)(=O)c2nnc(NC(=O)C(C)C)s2)c(OC)c1. The van der Waals surface area contributed by atoms with E-state index in [-0.39, 0.29) is 27.0 Å². The van der Waals surface area contributed by atoms with Crippen molar-refractivity contribution >= 4 is 38.1 Å². The number of methoxy groups -OCH3 is 2. The van der Waals surface area contributed by atoms with E-state index in [4.69, 9.17) is 9.47 Å². The molecule has 0 radical (unpaired) electrons. The van der Waals surface area contributed by atoms with Crippen LogP contribution in [0.25, 0.3) is 0 Å². The van der Waals surface area contributed by atoms with E-state index in [0.717, 1.165) is 11.3 Å². The predicted molar refractivity (Wildman–Crippen MR) is 93.7 cm³/mol. The lowest BCUT2D eigenvalue weighted by molar-refractivity contribution is -0.118. The van der Waals surface area contributed by atoms with E-state index in [1.54, 1.807) is 26.0 Å². The summed E-state index contributed by atoms with van der Waals surface area (Å²) < 4.78 is 37.2. The molecule has 2 N–H and O–H groups in total. The Kier molecular flexibility index (Phi) is 5.80. The van der Waals surface area contributed by atoms with E-state index in [2.05, 4.69) is 20.2 Å². The van der Waals surface area contributed by atoms with Crippen LogP contribution in [0.2, 0.25) is 0 Å². The van der Waals surface area contributed by atoms with E-state index < -0.39 is 10.0 Å². The molecule has 1 heterocycles. The van der Waals surface area contributed by atoms with Gasteiger partial charge < -0.3 is 14.8 Å². The molecular formula is C14H18N4O5S2. The molecule has 0 fully saturated rings. The summed E-state index contributed by atoms with van der Waals surface area (Å²) in [5.74, 6) is 0.283. The van der Waals surface area contributed by atoms with Gasteiger partial charge in [0.15, 0.2) is 0 Å². The number of aromatic nitrogens is 2. The number of hydrogen-bond donors (Lipinski definition) is 2. The molecule has 0 aliphatic heterocycles. The zero-order chi connectivity index (χ0) is 18.6. The standard InChI is InChI=1S/C14H18N4O5S2/c1-8(2)12(19)15-13-16-17-14(24-13)25(20,21)18-10-6-5-9(22-3)7-11(10)23-4/h5-8,18H,1-4H3,(H,15,16,19). The second-order valence-electron chi connectivity index (χ2n) is 5.19. The normalized spacial score (nSPS) is 11.2. The monoisotopic (exact) mass is 386 g/mol. The molecule has 0 saturated heterocycles. The molecule has 0 aliphatic carbocycles. The van der Waals surface area contributed by atoms with Crippen LogP contribution >= 0.6 is 11.3 Å². The van der Waals surface area contributed by atoms with Gasteiger partial charge in [0.2, 0.25) is 11.0 Å². The second kappa shape index (κ2) is 7.66. The fourth-order valence-electron chi connectivity index (χ4n) is 1.69. The molecular weight excluding hydrogens is 368 g/mol. The molecule has 2 aromatic rings. The lowest BCUT2D eigenvalue weighted by atomic mass is 10.2. The van der Waals surface area contributed by atoms with Crippen LogP contribution in [0.15, 0.2) is 22.5 Å². The molecule has 0 bridgehead atoms. The van der Waals surface area contributed by atoms with Crippen molar-refractivity contribution in [2.75, 3.05) is 24.3 Å². The third-order valence-corrected chi connectivity index (χ3v) is 5.62. The fraction of sp³-hybridized carbons (Fsp3) is 0.357. The van der Waals surface area contributed by atoms with Gasteiger partial charge in [-0.15, -0.1) is 10.2 Å². The molecule has 1 aromatic carbocycles. The number of hydrogen-bond acceptors (Lipinski definition) is 8. The van der Waals surface area contributed by atoms with E-state index in [9.17, 15) is 13.2 Å². The van der Waals surface area contributed by atoms with Crippen LogP contribution in [0.5, 0.6) is 11.5 Å². The number of nitrogens with one attached hydrogen (secondary N) is 2. The van der Waals surface area contributed by atoms with Crippen molar-refractivity contribution in [1.82, 2.24) is 10.2 Å². The minimum Gasteiger partial charge on any atom is -0.497 e. The number of carbonyl (C=O) groups excluding carboxylic acids is 1. The summed E-state index contributed by atoms with van der Waals surface area (Å²) in [7, 11) is -1.07. The van der Waals surface area contributed by atoms with Crippen molar-refractivity contribution in [3.05, 3.63) is 18.2 Å². The summed E-state index contributed by atoms with van der Waals surface area (Å²) in [4.78, 5) is 11.6. The largest absolute Gasteiger partial charge is 0.497 e. The average molecular weight is 386 g/mol. The maximum absolute atomic E-state index is 12.5. The summed E-state index contributed by atoms with van der Waals surface area (Å²) in [6, 6.07) is 4.65. The van der Waals surface area contributed by atoms with Crippen molar-refractivity contribution < 1.29 is 22.7 Å². The average Bonchev–Trinajstić information content (AvgIpc) is 3.04. The first-order valence-electron chi connectivity index (χ1n) is 7.16. The Morgan fingerprint density at radius 3 is 2.52 bits per heavy atom. The highest BCUT2D eigenvalue weighted by Gasteiger charge is 2.23. The molecule has 11 heteroatoms. The zero-order valence-corrected chi connectivity index (χ0v) is 15.7. The lowest BCUT2D eigenvalue weighted by Gasteiger charge is -2.11. The predicted octanol–water partition coefficient (Wildman–Crippen LogP) is 1.95. The van der Waals surface area contributed by atoms with Gasteiger partial charge in [-0.05, 0) is 12.1 Å². The molecule has 136 valence electrons. The Bertz CT molecular complexity index is 864. The topological polar surface area (TPSA) is 120 Å². The Hall–Kier alpha value is -2.40. The minimum atomic E-state index is -3.98. The first-order valence-corrected chi connectivity index (χ1v) is 9.46. The molecule has 2 rings (SSSR count). The summed E-state index contributed by atoms with van der Waals surface area (Å²) in [6.07, 6.45) is 0. The van der Waals surface area contributed by atoms with Crippen LogP contribution in [0.4, 0.5) is 10.8 Å². The molecule has 0 aliphatic rings. The lowest BCUT2D eigenvalue weighted by Crippen LogP contribution is -2.17. The van der Waals surface area contributed by atoms with E-state index in [1.807, 2.05) is 0 Å². The summed E-state index contributed by atoms with van der Waals surface area (Å²) in [5, 5.41) is 9.93. The van der Waals surface area contributed by atoms with E-state index in [0.29, 0.717) is 11.5 Å². The van der Waals surface area contributed by atoms with Crippen molar-refractivity contribution in [3.63, 3.8) is 0 Å². The number of amides is 1. The Balaban J connectivity index is 2.22. The molecule has 9 nitrogen and oxygen atoms in total. The van der Waals surface area contributed by atoms with Crippen LogP contribution in [-0.4, -0.2) is 38.7 Å². The maximum atomic E-state index is 12.5. The highest BCUT2D eigenvalue weighted by Crippen LogP contribution is 2.31. The van der Waals surface area contributed by atoms with Crippen molar-refractivity contribution in [1.29, 1.82) is 0 Å². The van der Waals surface area contributed by atoms with Gasteiger partial charge in [0, 0.05) is 12.0 Å². The fourth-order valence-corrected chi connectivity index (χ4v) is 3.66. The number of ether oxygens (including phenoxy) is 2. The number of sulfonamides is 1. The quantitative estimate of drug-likeness (QED) is 0.698. The second-order valence-corrected chi connectivity index (χ2v) is 8.02. The highest BCUT2D eigenvalue weighted by molar-refractivity contribution is 7.94. The van der Waals surface area contributed by atoms with Crippen LogP contribution in [0.3, 0.4) is 0 Å². The van der Waals surface area contributed by atoms with Gasteiger partial charge in [0.05, 0.1) is 19.9 Å². The number of benzene rings is 1. The number of nitrogens with zero attached hydrogens (tertiary/aromatic N) is 2. The van der Waals surface area contributed by atoms with Crippen molar-refractivity contribution in [3.8, 4) is 11.5 Å². The van der Waals surface area contributed by atoms with Crippen LogP contribution in [0.1, 0.15) is 13.8 Å². The summed E-state index contributed by atoms with van der Waals surface area (Å²) in [6.45, 7) is 3.43. The van der Waals surface area contributed by atoms with Gasteiger partial charge in [-0.25, -0.2) is 0 Å².